The molecule has 0 saturated carbocycles. The summed E-state index contributed by atoms with van der Waals surface area (Å²) in [6.07, 6.45) is 0.870. The number of benzene rings is 1. The van der Waals surface area contributed by atoms with E-state index in [0.29, 0.717) is 41.1 Å². The van der Waals surface area contributed by atoms with Gasteiger partial charge in [0.25, 0.3) is 5.91 Å². The molecule has 1 amide bonds. The van der Waals surface area contributed by atoms with Crippen molar-refractivity contribution >= 4 is 17.4 Å². The van der Waals surface area contributed by atoms with Gasteiger partial charge in [0.15, 0.2) is 0 Å². The molecule has 0 aliphatic carbocycles. The molecule has 0 atom stereocenters. The number of nitrogens with one attached hydrogen (secondary N) is 2. The van der Waals surface area contributed by atoms with Crippen LogP contribution in [0.3, 0.4) is 0 Å². The third kappa shape index (κ3) is 6.10. The van der Waals surface area contributed by atoms with Crippen LogP contribution in [0.4, 0.5) is 11.5 Å². The first-order valence-electron chi connectivity index (χ1n) is 8.70. The molecule has 0 fully saturated rings. The third-order valence-corrected chi connectivity index (χ3v) is 3.81. The number of rotatable bonds is 9. The van der Waals surface area contributed by atoms with Gasteiger partial charge >= 0.3 is 0 Å². The Morgan fingerprint density at radius 2 is 1.93 bits per heavy atom. The number of hydrogen-bond donors (Lipinski definition) is 2. The summed E-state index contributed by atoms with van der Waals surface area (Å²) >= 11 is 0. The van der Waals surface area contributed by atoms with Crippen LogP contribution in [0.2, 0.25) is 0 Å². The predicted octanol–water partition coefficient (Wildman–Crippen LogP) is 2.23. The molecule has 0 spiro atoms. The lowest BCUT2D eigenvalue weighted by Gasteiger charge is -2.13. The standard InChI is InChI=1S/C19H27N5O3/c1-13-21-16(19(25)20-9-6-10-24(2)3)12-18(22-13)23-15-11-14(26-4)7-8-17(15)27-5/h7-8,11-12H,6,9-10H2,1-5H3,(H,20,25)(H,21,22,23). The highest BCUT2D eigenvalue weighted by Crippen LogP contribution is 2.31. The van der Waals surface area contributed by atoms with Gasteiger partial charge in [-0.05, 0) is 46.1 Å². The van der Waals surface area contributed by atoms with Crippen molar-refractivity contribution in [3.8, 4) is 11.5 Å². The molecule has 146 valence electrons. The Hall–Kier alpha value is -2.87. The first-order chi connectivity index (χ1) is 12.9. The van der Waals surface area contributed by atoms with Crippen LogP contribution in [0.25, 0.3) is 0 Å². The van der Waals surface area contributed by atoms with Crippen molar-refractivity contribution in [1.29, 1.82) is 0 Å². The Morgan fingerprint density at radius 1 is 1.15 bits per heavy atom. The molecule has 2 rings (SSSR count). The van der Waals surface area contributed by atoms with Crippen LogP contribution < -0.4 is 20.1 Å². The van der Waals surface area contributed by atoms with Gasteiger partial charge in [-0.2, -0.15) is 0 Å². The number of aryl methyl sites for hydroxylation is 1. The summed E-state index contributed by atoms with van der Waals surface area (Å²) in [6, 6.07) is 7.03. The number of carbonyl (C=O) groups excluding carboxylic acids is 1. The summed E-state index contributed by atoms with van der Waals surface area (Å²) in [6.45, 7) is 3.24. The van der Waals surface area contributed by atoms with Crippen molar-refractivity contribution in [2.24, 2.45) is 0 Å². The van der Waals surface area contributed by atoms with Gasteiger partial charge in [0.1, 0.15) is 28.8 Å². The molecule has 27 heavy (non-hydrogen) atoms. The van der Waals surface area contributed by atoms with Gasteiger partial charge in [-0.3, -0.25) is 4.79 Å². The topological polar surface area (TPSA) is 88.6 Å². The first-order valence-corrected chi connectivity index (χ1v) is 8.70. The Morgan fingerprint density at radius 3 is 2.59 bits per heavy atom. The fourth-order valence-electron chi connectivity index (χ4n) is 2.49. The molecule has 2 aromatic rings. The van der Waals surface area contributed by atoms with E-state index in [-0.39, 0.29) is 5.91 Å². The first kappa shape index (κ1) is 20.4. The van der Waals surface area contributed by atoms with E-state index in [1.807, 2.05) is 20.2 Å². The van der Waals surface area contributed by atoms with Gasteiger partial charge in [-0.1, -0.05) is 0 Å². The molecule has 2 N–H and O–H groups in total. The van der Waals surface area contributed by atoms with E-state index in [4.69, 9.17) is 9.47 Å². The van der Waals surface area contributed by atoms with Crippen molar-refractivity contribution in [3.05, 3.63) is 35.8 Å². The third-order valence-electron chi connectivity index (χ3n) is 3.81. The highest BCUT2D eigenvalue weighted by molar-refractivity contribution is 5.93. The van der Waals surface area contributed by atoms with Crippen molar-refractivity contribution in [3.63, 3.8) is 0 Å². The molecule has 8 nitrogen and oxygen atoms in total. The van der Waals surface area contributed by atoms with Crippen molar-refractivity contribution in [2.45, 2.75) is 13.3 Å². The molecular weight excluding hydrogens is 346 g/mol. The summed E-state index contributed by atoms with van der Waals surface area (Å²) in [4.78, 5) is 23.0. The van der Waals surface area contributed by atoms with Crippen LogP contribution in [-0.4, -0.2) is 62.2 Å². The fraction of sp³-hybridized carbons (Fsp3) is 0.421. The summed E-state index contributed by atoms with van der Waals surface area (Å²) in [7, 11) is 7.19. The van der Waals surface area contributed by atoms with Crippen LogP contribution in [0.5, 0.6) is 11.5 Å². The van der Waals surface area contributed by atoms with Crippen molar-refractivity contribution in [2.75, 3.05) is 46.7 Å². The number of amides is 1. The normalized spacial score (nSPS) is 10.6. The maximum atomic E-state index is 12.4. The molecule has 0 radical (unpaired) electrons. The van der Waals surface area contributed by atoms with Gasteiger partial charge in [0.2, 0.25) is 0 Å². The second-order valence-electron chi connectivity index (χ2n) is 6.29. The number of hydrogen-bond acceptors (Lipinski definition) is 7. The molecule has 0 aliphatic heterocycles. The van der Waals surface area contributed by atoms with Gasteiger partial charge in [0, 0.05) is 18.7 Å². The Balaban J connectivity index is 2.14. The Bertz CT molecular complexity index is 780. The summed E-state index contributed by atoms with van der Waals surface area (Å²) in [5.41, 5.74) is 1.00. The summed E-state index contributed by atoms with van der Waals surface area (Å²) in [5, 5.41) is 6.06. The number of carbonyl (C=O) groups is 1. The Kier molecular flexibility index (Phi) is 7.36. The summed E-state index contributed by atoms with van der Waals surface area (Å²) in [5.74, 6) is 2.11. The van der Waals surface area contributed by atoms with Crippen LogP contribution in [0.15, 0.2) is 24.3 Å². The average Bonchev–Trinajstić information content (AvgIpc) is 2.64. The molecule has 1 heterocycles. The van der Waals surface area contributed by atoms with E-state index >= 15 is 0 Å². The van der Waals surface area contributed by atoms with Crippen molar-refractivity contribution < 1.29 is 14.3 Å². The highest BCUT2D eigenvalue weighted by atomic mass is 16.5. The molecule has 1 aromatic carbocycles. The van der Waals surface area contributed by atoms with Crippen LogP contribution in [0.1, 0.15) is 22.7 Å². The molecular formula is C19H27N5O3. The highest BCUT2D eigenvalue weighted by Gasteiger charge is 2.12. The van der Waals surface area contributed by atoms with Crippen LogP contribution in [0, 0.1) is 6.92 Å². The lowest BCUT2D eigenvalue weighted by molar-refractivity contribution is 0.0947. The monoisotopic (exact) mass is 373 g/mol. The summed E-state index contributed by atoms with van der Waals surface area (Å²) < 4.78 is 10.6. The number of aromatic nitrogens is 2. The van der Waals surface area contributed by atoms with Gasteiger partial charge in [-0.15, -0.1) is 0 Å². The van der Waals surface area contributed by atoms with E-state index in [1.54, 1.807) is 39.3 Å². The van der Waals surface area contributed by atoms with E-state index in [9.17, 15) is 4.79 Å². The average molecular weight is 373 g/mol. The van der Waals surface area contributed by atoms with E-state index in [2.05, 4.69) is 25.5 Å². The minimum atomic E-state index is -0.222. The number of methoxy groups -OCH3 is 2. The van der Waals surface area contributed by atoms with Gasteiger partial charge in [-0.25, -0.2) is 9.97 Å². The fourth-order valence-corrected chi connectivity index (χ4v) is 2.49. The lowest BCUT2D eigenvalue weighted by Crippen LogP contribution is -2.28. The molecule has 8 heteroatoms. The minimum Gasteiger partial charge on any atom is -0.497 e. The quantitative estimate of drug-likeness (QED) is 0.652. The molecule has 1 aromatic heterocycles. The van der Waals surface area contributed by atoms with E-state index < -0.39 is 0 Å². The smallest absolute Gasteiger partial charge is 0.270 e. The molecule has 0 saturated heterocycles. The zero-order valence-electron chi connectivity index (χ0n) is 16.5. The molecule has 0 aliphatic rings. The Labute approximate surface area is 159 Å². The number of ether oxygens (including phenoxy) is 2. The van der Waals surface area contributed by atoms with Gasteiger partial charge < -0.3 is 25.0 Å². The number of anilines is 2. The second-order valence-corrected chi connectivity index (χ2v) is 6.29. The maximum absolute atomic E-state index is 12.4. The zero-order valence-corrected chi connectivity index (χ0v) is 16.5. The van der Waals surface area contributed by atoms with E-state index in [1.165, 1.54) is 0 Å². The maximum Gasteiger partial charge on any atom is 0.270 e. The SMILES string of the molecule is COc1ccc(OC)c(Nc2cc(C(=O)NCCCN(C)C)nc(C)n2)c1. The molecule has 0 unspecified atom stereocenters. The predicted molar refractivity (Wildman–Crippen MR) is 105 cm³/mol. The number of nitrogens with zero attached hydrogens (tertiary/aromatic N) is 3. The minimum absolute atomic E-state index is 0.222. The zero-order chi connectivity index (χ0) is 19.8. The van der Waals surface area contributed by atoms with E-state index in [0.717, 1.165) is 13.0 Å². The van der Waals surface area contributed by atoms with Crippen LogP contribution >= 0.6 is 0 Å². The van der Waals surface area contributed by atoms with Crippen molar-refractivity contribution in [1.82, 2.24) is 20.2 Å². The van der Waals surface area contributed by atoms with Crippen LogP contribution in [-0.2, 0) is 0 Å². The van der Waals surface area contributed by atoms with Gasteiger partial charge in [0.05, 0.1) is 19.9 Å². The largest absolute Gasteiger partial charge is 0.497 e. The lowest BCUT2D eigenvalue weighted by atomic mass is 10.2. The second kappa shape index (κ2) is 9.72. The molecule has 0 bridgehead atoms.